The third-order valence-electron chi connectivity index (χ3n) is 3.00. The average Bonchev–Trinajstić information content (AvgIpc) is 2.74. The molecular weight excluding hydrogens is 226 g/mol. The molecule has 0 saturated carbocycles. The summed E-state index contributed by atoms with van der Waals surface area (Å²) in [5.74, 6) is 1.81. The predicted octanol–water partition coefficient (Wildman–Crippen LogP) is 3.63. The van der Waals surface area contributed by atoms with E-state index in [1.54, 1.807) is 0 Å². The summed E-state index contributed by atoms with van der Waals surface area (Å²) < 4.78 is 11.4. The maximum absolute atomic E-state index is 5.78. The fourth-order valence-electron chi connectivity index (χ4n) is 2.18. The van der Waals surface area contributed by atoms with Crippen molar-refractivity contribution < 1.29 is 9.15 Å². The van der Waals surface area contributed by atoms with Crippen molar-refractivity contribution in [1.82, 2.24) is 0 Å². The third kappa shape index (κ3) is 2.51. The first kappa shape index (κ1) is 13.0. The number of nitrogens with two attached hydrogens (primary N) is 1. The van der Waals surface area contributed by atoms with Crippen LogP contribution in [0.5, 0.6) is 5.75 Å². The fraction of sp³-hybridized carbons (Fsp3) is 0.467. The molecule has 18 heavy (non-hydrogen) atoms. The minimum absolute atomic E-state index is 0.454. The van der Waals surface area contributed by atoms with E-state index in [4.69, 9.17) is 14.9 Å². The number of ether oxygens (including phenoxy) is 1. The molecule has 98 valence electrons. The molecule has 0 atom stereocenters. The predicted molar refractivity (Wildman–Crippen MR) is 73.9 cm³/mol. The number of benzene rings is 1. The van der Waals surface area contributed by atoms with Gasteiger partial charge in [-0.1, -0.05) is 20.3 Å². The highest BCUT2D eigenvalue weighted by Crippen LogP contribution is 2.30. The molecule has 0 saturated heterocycles. The molecule has 0 aliphatic rings. The van der Waals surface area contributed by atoms with Gasteiger partial charge in [-0.15, -0.1) is 0 Å². The fourth-order valence-corrected chi connectivity index (χ4v) is 2.18. The van der Waals surface area contributed by atoms with E-state index in [0.29, 0.717) is 6.54 Å². The lowest BCUT2D eigenvalue weighted by Gasteiger charge is -2.04. The Hall–Kier alpha value is -1.48. The summed E-state index contributed by atoms with van der Waals surface area (Å²) in [6.07, 6.45) is 3.09. The van der Waals surface area contributed by atoms with E-state index in [2.05, 4.69) is 19.9 Å². The smallest absolute Gasteiger partial charge is 0.134 e. The summed E-state index contributed by atoms with van der Waals surface area (Å²) in [7, 11) is 0. The van der Waals surface area contributed by atoms with E-state index in [1.165, 1.54) is 5.56 Å². The van der Waals surface area contributed by atoms with Crippen LogP contribution in [0.4, 0.5) is 0 Å². The second kappa shape index (κ2) is 5.91. The van der Waals surface area contributed by atoms with Crippen molar-refractivity contribution in [3.63, 3.8) is 0 Å². The highest BCUT2D eigenvalue weighted by Gasteiger charge is 2.12. The number of aryl methyl sites for hydroxylation is 1. The van der Waals surface area contributed by atoms with E-state index in [0.717, 1.165) is 48.3 Å². The van der Waals surface area contributed by atoms with Gasteiger partial charge in [0, 0.05) is 10.9 Å². The first-order valence-corrected chi connectivity index (χ1v) is 6.67. The third-order valence-corrected chi connectivity index (χ3v) is 3.00. The maximum atomic E-state index is 5.78. The lowest BCUT2D eigenvalue weighted by atomic mass is 10.1. The van der Waals surface area contributed by atoms with Gasteiger partial charge in [0.1, 0.15) is 17.1 Å². The molecule has 3 heteroatoms. The Labute approximate surface area is 108 Å². The normalized spacial score (nSPS) is 11.1. The quantitative estimate of drug-likeness (QED) is 0.848. The Morgan fingerprint density at radius 1 is 1.22 bits per heavy atom. The van der Waals surface area contributed by atoms with Crippen LogP contribution >= 0.6 is 0 Å². The van der Waals surface area contributed by atoms with Gasteiger partial charge < -0.3 is 14.9 Å². The van der Waals surface area contributed by atoms with Crippen molar-refractivity contribution in [3.8, 4) is 5.75 Å². The summed E-state index contributed by atoms with van der Waals surface area (Å²) in [6, 6.07) is 5.99. The topological polar surface area (TPSA) is 48.4 Å². The van der Waals surface area contributed by atoms with Crippen LogP contribution in [0.3, 0.4) is 0 Å². The molecule has 0 spiro atoms. The van der Waals surface area contributed by atoms with Gasteiger partial charge in [0.15, 0.2) is 0 Å². The highest BCUT2D eigenvalue weighted by atomic mass is 16.5. The first-order valence-electron chi connectivity index (χ1n) is 6.67. The van der Waals surface area contributed by atoms with Crippen LogP contribution in [-0.4, -0.2) is 6.61 Å². The van der Waals surface area contributed by atoms with Gasteiger partial charge in [0.2, 0.25) is 0 Å². The molecule has 0 radical (unpaired) electrons. The van der Waals surface area contributed by atoms with Gasteiger partial charge in [-0.2, -0.15) is 0 Å². The van der Waals surface area contributed by atoms with E-state index in [9.17, 15) is 0 Å². The number of fused-ring (bicyclic) bond motifs is 1. The zero-order valence-corrected chi connectivity index (χ0v) is 11.2. The number of hydrogen-bond acceptors (Lipinski definition) is 3. The Morgan fingerprint density at radius 2 is 2.06 bits per heavy atom. The number of rotatable bonds is 6. The molecule has 0 aliphatic carbocycles. The summed E-state index contributed by atoms with van der Waals surface area (Å²) in [5.41, 5.74) is 7.88. The van der Waals surface area contributed by atoms with Crippen LogP contribution in [0.15, 0.2) is 22.6 Å². The van der Waals surface area contributed by atoms with Gasteiger partial charge in [-0.05, 0) is 31.0 Å². The van der Waals surface area contributed by atoms with Gasteiger partial charge in [-0.25, -0.2) is 0 Å². The van der Waals surface area contributed by atoms with Crippen molar-refractivity contribution >= 4 is 11.0 Å². The Kier molecular flexibility index (Phi) is 4.26. The minimum atomic E-state index is 0.454. The van der Waals surface area contributed by atoms with Crippen molar-refractivity contribution in [3.05, 3.63) is 29.5 Å². The molecule has 0 unspecified atom stereocenters. The highest BCUT2D eigenvalue weighted by molar-refractivity contribution is 5.83. The minimum Gasteiger partial charge on any atom is -0.494 e. The van der Waals surface area contributed by atoms with E-state index < -0.39 is 0 Å². The van der Waals surface area contributed by atoms with Crippen LogP contribution in [0.1, 0.15) is 38.0 Å². The van der Waals surface area contributed by atoms with Crippen LogP contribution in [0.25, 0.3) is 11.0 Å². The second-order valence-corrected chi connectivity index (χ2v) is 4.46. The maximum Gasteiger partial charge on any atom is 0.134 e. The molecule has 0 bridgehead atoms. The molecule has 0 aliphatic heterocycles. The number of furan rings is 1. The van der Waals surface area contributed by atoms with Crippen LogP contribution in [0.2, 0.25) is 0 Å². The summed E-state index contributed by atoms with van der Waals surface area (Å²) >= 11 is 0. The summed E-state index contributed by atoms with van der Waals surface area (Å²) in [6.45, 7) is 5.47. The molecule has 3 nitrogen and oxygen atoms in total. The SMILES string of the molecule is CCCOc1ccc2oc(CN)c(CCC)c2c1. The monoisotopic (exact) mass is 247 g/mol. The molecule has 2 N–H and O–H groups in total. The second-order valence-electron chi connectivity index (χ2n) is 4.46. The zero-order valence-electron chi connectivity index (χ0n) is 11.2. The zero-order chi connectivity index (χ0) is 13.0. The average molecular weight is 247 g/mol. The van der Waals surface area contributed by atoms with Crippen molar-refractivity contribution in [2.75, 3.05) is 6.61 Å². The molecule has 2 rings (SSSR count). The molecule has 1 aromatic carbocycles. The van der Waals surface area contributed by atoms with Gasteiger partial charge >= 0.3 is 0 Å². The van der Waals surface area contributed by atoms with Crippen LogP contribution in [0, 0.1) is 0 Å². The molecule has 2 aromatic rings. The molecule has 1 aromatic heterocycles. The van der Waals surface area contributed by atoms with Gasteiger partial charge in [0.25, 0.3) is 0 Å². The number of hydrogen-bond donors (Lipinski definition) is 1. The molecule has 0 amide bonds. The lowest BCUT2D eigenvalue weighted by Crippen LogP contribution is -1.98. The van der Waals surface area contributed by atoms with E-state index in [-0.39, 0.29) is 0 Å². The lowest BCUT2D eigenvalue weighted by molar-refractivity contribution is 0.318. The Balaban J connectivity index is 2.42. The Bertz CT molecular complexity index is 516. The van der Waals surface area contributed by atoms with Crippen LogP contribution in [-0.2, 0) is 13.0 Å². The summed E-state index contributed by atoms with van der Waals surface area (Å²) in [5, 5.41) is 1.14. The van der Waals surface area contributed by atoms with E-state index >= 15 is 0 Å². The summed E-state index contributed by atoms with van der Waals surface area (Å²) in [4.78, 5) is 0. The molecular formula is C15H21NO2. The van der Waals surface area contributed by atoms with Gasteiger partial charge in [-0.3, -0.25) is 0 Å². The standard InChI is InChI=1S/C15H21NO2/c1-3-5-12-13-9-11(17-8-4-2)6-7-14(13)18-15(12)10-16/h6-7,9H,3-5,8,10,16H2,1-2H3. The van der Waals surface area contributed by atoms with E-state index in [1.807, 2.05) is 12.1 Å². The molecule has 1 heterocycles. The van der Waals surface area contributed by atoms with Crippen molar-refractivity contribution in [1.29, 1.82) is 0 Å². The van der Waals surface area contributed by atoms with Crippen LogP contribution < -0.4 is 10.5 Å². The first-order chi connectivity index (χ1) is 8.80. The van der Waals surface area contributed by atoms with Crippen molar-refractivity contribution in [2.24, 2.45) is 5.73 Å². The van der Waals surface area contributed by atoms with Gasteiger partial charge in [0.05, 0.1) is 13.2 Å². The molecule has 0 fully saturated rings. The Morgan fingerprint density at radius 3 is 2.72 bits per heavy atom. The van der Waals surface area contributed by atoms with Crippen molar-refractivity contribution in [2.45, 2.75) is 39.7 Å². The largest absolute Gasteiger partial charge is 0.494 e.